The number of nitrogens with zero attached hydrogens (tertiary/aromatic N) is 1. The molecule has 1 rings (SSSR count). The molecule has 0 saturated carbocycles. The van der Waals surface area contributed by atoms with Crippen LogP contribution in [-0.2, 0) is 11.2 Å². The third-order valence-corrected chi connectivity index (χ3v) is 3.91. The molecule has 0 aliphatic rings. The van der Waals surface area contributed by atoms with Crippen molar-refractivity contribution in [2.45, 2.75) is 46.1 Å². The normalized spacial score (nSPS) is 12.7. The summed E-state index contributed by atoms with van der Waals surface area (Å²) in [6.07, 6.45) is 2.92. The first-order chi connectivity index (χ1) is 8.13. The van der Waals surface area contributed by atoms with Crippen LogP contribution >= 0.6 is 28.1 Å². The maximum absolute atomic E-state index is 5.65. The molecular formula is C12H19BrN2OS. The van der Waals surface area contributed by atoms with E-state index in [1.165, 1.54) is 0 Å². The summed E-state index contributed by atoms with van der Waals surface area (Å²) in [5.74, 6) is 0.839. The highest BCUT2D eigenvalue weighted by Crippen LogP contribution is 2.22. The van der Waals surface area contributed by atoms with E-state index in [1.807, 2.05) is 6.92 Å². The van der Waals surface area contributed by atoms with E-state index >= 15 is 0 Å². The quantitative estimate of drug-likeness (QED) is 0.793. The van der Waals surface area contributed by atoms with E-state index in [0.717, 1.165) is 35.3 Å². The number of halogens is 1. The molecule has 0 spiro atoms. The van der Waals surface area contributed by atoms with Crippen LogP contribution in [0.1, 0.15) is 51.2 Å². The fourth-order valence-corrected chi connectivity index (χ4v) is 2.30. The van der Waals surface area contributed by atoms with Crippen LogP contribution in [0.4, 0.5) is 0 Å². The van der Waals surface area contributed by atoms with Crippen molar-refractivity contribution >= 4 is 28.1 Å². The van der Waals surface area contributed by atoms with Crippen molar-refractivity contribution in [3.63, 3.8) is 0 Å². The Labute approximate surface area is 116 Å². The standard InChI is InChI=1S/C12H19BrN2OS/c1-4-7-8-10(13)12(17)15-11(14-8)9(5-2)16-6-3/h9H,4-7H2,1-3H3,(H,14,15,17). The van der Waals surface area contributed by atoms with E-state index in [1.54, 1.807) is 0 Å². The van der Waals surface area contributed by atoms with Crippen LogP contribution in [0.5, 0.6) is 0 Å². The molecule has 0 fully saturated rings. The van der Waals surface area contributed by atoms with Gasteiger partial charge in [-0.1, -0.05) is 32.5 Å². The Morgan fingerprint density at radius 2 is 2.12 bits per heavy atom. The molecule has 1 atom stereocenters. The number of aromatic nitrogens is 2. The number of H-pyrrole nitrogens is 1. The Morgan fingerprint density at radius 3 is 2.65 bits per heavy atom. The summed E-state index contributed by atoms with van der Waals surface area (Å²) in [7, 11) is 0. The molecule has 0 bridgehead atoms. The van der Waals surface area contributed by atoms with Crippen molar-refractivity contribution in [2.24, 2.45) is 0 Å². The van der Waals surface area contributed by atoms with E-state index in [9.17, 15) is 0 Å². The van der Waals surface area contributed by atoms with Crippen molar-refractivity contribution in [1.29, 1.82) is 0 Å². The third-order valence-electron chi connectivity index (χ3n) is 2.50. The Balaban J connectivity index is 3.12. The molecule has 96 valence electrons. The molecule has 17 heavy (non-hydrogen) atoms. The second kappa shape index (κ2) is 7.24. The molecule has 1 unspecified atom stereocenters. The van der Waals surface area contributed by atoms with Gasteiger partial charge >= 0.3 is 0 Å². The molecule has 0 radical (unpaired) electrons. The highest BCUT2D eigenvalue weighted by atomic mass is 79.9. The van der Waals surface area contributed by atoms with Gasteiger partial charge < -0.3 is 9.72 Å². The van der Waals surface area contributed by atoms with Gasteiger partial charge in [0.15, 0.2) is 0 Å². The summed E-state index contributed by atoms with van der Waals surface area (Å²) < 4.78 is 7.17. The Kier molecular flexibility index (Phi) is 6.30. The number of nitrogens with one attached hydrogen (secondary N) is 1. The first kappa shape index (κ1) is 14.8. The molecule has 0 saturated heterocycles. The van der Waals surface area contributed by atoms with E-state index in [4.69, 9.17) is 17.0 Å². The van der Waals surface area contributed by atoms with E-state index in [-0.39, 0.29) is 6.10 Å². The number of aryl methyl sites for hydroxylation is 1. The smallest absolute Gasteiger partial charge is 0.144 e. The third kappa shape index (κ3) is 3.86. The molecule has 0 aromatic carbocycles. The SMILES string of the molecule is CCCc1[nH]c(C(CC)OCC)nc(=S)c1Br. The van der Waals surface area contributed by atoms with Crippen molar-refractivity contribution < 1.29 is 4.74 Å². The highest BCUT2D eigenvalue weighted by Gasteiger charge is 2.14. The van der Waals surface area contributed by atoms with Gasteiger partial charge in [-0.25, -0.2) is 4.98 Å². The summed E-state index contributed by atoms with van der Waals surface area (Å²) in [5.41, 5.74) is 1.11. The molecule has 5 heteroatoms. The zero-order valence-electron chi connectivity index (χ0n) is 10.5. The maximum Gasteiger partial charge on any atom is 0.144 e. The van der Waals surface area contributed by atoms with Gasteiger partial charge in [-0.15, -0.1) is 0 Å². The lowest BCUT2D eigenvalue weighted by atomic mass is 10.2. The molecule has 1 N–H and O–H groups in total. The van der Waals surface area contributed by atoms with Gasteiger partial charge in [0.05, 0.1) is 4.47 Å². The number of ether oxygens (including phenoxy) is 1. The lowest BCUT2D eigenvalue weighted by molar-refractivity contribution is 0.0532. The van der Waals surface area contributed by atoms with Crippen LogP contribution < -0.4 is 0 Å². The van der Waals surface area contributed by atoms with Gasteiger partial charge in [-0.05, 0) is 35.7 Å². The van der Waals surface area contributed by atoms with Crippen LogP contribution in [0.15, 0.2) is 4.47 Å². The molecule has 1 heterocycles. The number of hydrogen-bond acceptors (Lipinski definition) is 3. The zero-order valence-corrected chi connectivity index (χ0v) is 12.9. The molecule has 3 nitrogen and oxygen atoms in total. The van der Waals surface area contributed by atoms with Crippen LogP contribution in [0.25, 0.3) is 0 Å². The van der Waals surface area contributed by atoms with Gasteiger partial charge in [0.1, 0.15) is 16.6 Å². The van der Waals surface area contributed by atoms with Gasteiger partial charge in [0.25, 0.3) is 0 Å². The fraction of sp³-hybridized carbons (Fsp3) is 0.667. The molecule has 1 aromatic rings. The summed E-state index contributed by atoms with van der Waals surface area (Å²) in [6.45, 7) is 6.90. The van der Waals surface area contributed by atoms with Crippen LogP contribution in [0, 0.1) is 4.64 Å². The van der Waals surface area contributed by atoms with Gasteiger partial charge in [0, 0.05) is 12.3 Å². The van der Waals surface area contributed by atoms with Crippen molar-refractivity contribution in [1.82, 2.24) is 9.97 Å². The highest BCUT2D eigenvalue weighted by molar-refractivity contribution is 9.10. The number of aromatic amines is 1. The van der Waals surface area contributed by atoms with Crippen molar-refractivity contribution in [3.05, 3.63) is 20.6 Å². The zero-order chi connectivity index (χ0) is 12.8. The first-order valence-electron chi connectivity index (χ1n) is 6.04. The predicted molar refractivity (Wildman–Crippen MR) is 75.8 cm³/mol. The summed E-state index contributed by atoms with van der Waals surface area (Å²) in [4.78, 5) is 7.73. The first-order valence-corrected chi connectivity index (χ1v) is 7.24. The van der Waals surface area contributed by atoms with E-state index < -0.39 is 0 Å². The van der Waals surface area contributed by atoms with Crippen LogP contribution in [-0.4, -0.2) is 16.6 Å². The average molecular weight is 319 g/mol. The monoisotopic (exact) mass is 318 g/mol. The lowest BCUT2D eigenvalue weighted by Crippen LogP contribution is -2.10. The Morgan fingerprint density at radius 1 is 1.41 bits per heavy atom. The largest absolute Gasteiger partial charge is 0.371 e. The molecule has 1 aromatic heterocycles. The van der Waals surface area contributed by atoms with Crippen molar-refractivity contribution in [3.8, 4) is 0 Å². The van der Waals surface area contributed by atoms with Gasteiger partial charge in [-0.3, -0.25) is 0 Å². The van der Waals surface area contributed by atoms with E-state index in [2.05, 4.69) is 39.7 Å². The number of hydrogen-bond donors (Lipinski definition) is 1. The molecule has 0 aliphatic carbocycles. The lowest BCUT2D eigenvalue weighted by Gasteiger charge is -2.16. The van der Waals surface area contributed by atoms with E-state index in [0.29, 0.717) is 11.2 Å². The Bertz CT molecular complexity index is 419. The minimum Gasteiger partial charge on any atom is -0.371 e. The topological polar surface area (TPSA) is 37.9 Å². The summed E-state index contributed by atoms with van der Waals surface area (Å²) >= 11 is 8.75. The van der Waals surface area contributed by atoms with Gasteiger partial charge in [-0.2, -0.15) is 0 Å². The second-order valence-electron chi connectivity index (χ2n) is 3.82. The number of rotatable bonds is 6. The Hall–Kier alpha value is -0.260. The van der Waals surface area contributed by atoms with Crippen LogP contribution in [0.3, 0.4) is 0 Å². The minimum absolute atomic E-state index is 0.00501. The minimum atomic E-state index is 0.00501. The predicted octanol–water partition coefficient (Wildman–Crippen LogP) is 4.34. The molecule has 0 amide bonds. The summed E-state index contributed by atoms with van der Waals surface area (Å²) in [5, 5.41) is 0. The second-order valence-corrected chi connectivity index (χ2v) is 5.00. The molecular weight excluding hydrogens is 300 g/mol. The van der Waals surface area contributed by atoms with Crippen LogP contribution in [0.2, 0.25) is 0 Å². The molecule has 0 aliphatic heterocycles. The average Bonchev–Trinajstić information content (AvgIpc) is 2.32. The summed E-state index contributed by atoms with van der Waals surface area (Å²) in [6, 6.07) is 0. The fourth-order valence-electron chi connectivity index (χ4n) is 1.69. The van der Waals surface area contributed by atoms with Gasteiger partial charge in [0.2, 0.25) is 0 Å². The van der Waals surface area contributed by atoms with Crippen molar-refractivity contribution in [2.75, 3.05) is 6.61 Å². The maximum atomic E-state index is 5.65.